The fraction of sp³-hybridized carbons (Fsp3) is 0.273. The summed E-state index contributed by atoms with van der Waals surface area (Å²) in [4.78, 5) is 17.6. The topological polar surface area (TPSA) is 46.9 Å². The van der Waals surface area contributed by atoms with E-state index in [1.807, 2.05) is 42.0 Å². The standard InChI is InChI=1S/C22H23N3OS/c1-16(17-5-8-20(9-6-17)25-12-11-23-15-25)24-22(26)14-27-21-10-7-18-3-2-4-19(18)13-21/h5-13,15-16H,2-4,14H2,1H3,(H,24,26)/t16-/m0/s1. The number of imidazole rings is 1. The van der Waals surface area contributed by atoms with E-state index in [9.17, 15) is 4.79 Å². The molecule has 2 aromatic carbocycles. The van der Waals surface area contributed by atoms with Gasteiger partial charge < -0.3 is 9.88 Å². The van der Waals surface area contributed by atoms with E-state index in [0.29, 0.717) is 5.75 Å². The van der Waals surface area contributed by atoms with Crippen LogP contribution in [0.1, 0.15) is 36.1 Å². The number of thioether (sulfide) groups is 1. The van der Waals surface area contributed by atoms with Gasteiger partial charge in [-0.2, -0.15) is 0 Å². The quantitative estimate of drug-likeness (QED) is 0.651. The number of nitrogens with zero attached hydrogens (tertiary/aromatic N) is 2. The second-order valence-electron chi connectivity index (χ2n) is 6.92. The molecule has 1 heterocycles. The normalized spacial score (nSPS) is 14.0. The molecule has 27 heavy (non-hydrogen) atoms. The number of benzene rings is 2. The summed E-state index contributed by atoms with van der Waals surface area (Å²) >= 11 is 1.61. The van der Waals surface area contributed by atoms with Crippen LogP contribution in [0.4, 0.5) is 0 Å². The Kier molecular flexibility index (Phi) is 5.30. The fourth-order valence-corrected chi connectivity index (χ4v) is 4.27. The van der Waals surface area contributed by atoms with Crippen LogP contribution in [0.5, 0.6) is 0 Å². The molecule has 1 atom stereocenters. The van der Waals surface area contributed by atoms with Crippen LogP contribution in [0.2, 0.25) is 0 Å². The maximum atomic E-state index is 12.3. The minimum Gasteiger partial charge on any atom is -0.349 e. The molecule has 0 aliphatic heterocycles. The molecule has 0 bridgehead atoms. The van der Waals surface area contributed by atoms with Crippen molar-refractivity contribution in [3.05, 3.63) is 77.9 Å². The molecule has 0 radical (unpaired) electrons. The molecular formula is C22H23N3OS. The number of carbonyl (C=O) groups is 1. The van der Waals surface area contributed by atoms with Crippen LogP contribution in [0.15, 0.2) is 66.1 Å². The van der Waals surface area contributed by atoms with Gasteiger partial charge in [0.1, 0.15) is 0 Å². The van der Waals surface area contributed by atoms with Crippen molar-refractivity contribution in [1.82, 2.24) is 14.9 Å². The third-order valence-corrected chi connectivity index (χ3v) is 6.01. The molecule has 0 saturated carbocycles. The van der Waals surface area contributed by atoms with Crippen LogP contribution in [-0.4, -0.2) is 21.2 Å². The molecule has 5 heteroatoms. The zero-order valence-corrected chi connectivity index (χ0v) is 16.2. The summed E-state index contributed by atoms with van der Waals surface area (Å²) in [5.41, 5.74) is 5.07. The van der Waals surface area contributed by atoms with Crippen molar-refractivity contribution in [2.24, 2.45) is 0 Å². The Morgan fingerprint density at radius 2 is 2.00 bits per heavy atom. The van der Waals surface area contributed by atoms with E-state index in [4.69, 9.17) is 0 Å². The molecular weight excluding hydrogens is 354 g/mol. The third kappa shape index (κ3) is 4.25. The number of rotatable bonds is 6. The van der Waals surface area contributed by atoms with Gasteiger partial charge in [0.2, 0.25) is 5.91 Å². The van der Waals surface area contributed by atoms with E-state index in [1.165, 1.54) is 35.3 Å². The van der Waals surface area contributed by atoms with Crippen molar-refractivity contribution in [2.75, 3.05) is 5.75 Å². The second-order valence-corrected chi connectivity index (χ2v) is 7.97. The van der Waals surface area contributed by atoms with E-state index < -0.39 is 0 Å². The van der Waals surface area contributed by atoms with Crippen LogP contribution in [0.3, 0.4) is 0 Å². The van der Waals surface area contributed by atoms with Crippen LogP contribution >= 0.6 is 11.8 Å². The molecule has 0 fully saturated rings. The Morgan fingerprint density at radius 3 is 2.78 bits per heavy atom. The Hall–Kier alpha value is -2.53. The first-order valence-electron chi connectivity index (χ1n) is 9.31. The predicted octanol–water partition coefficient (Wildman–Crippen LogP) is 4.33. The van der Waals surface area contributed by atoms with Gasteiger partial charge in [-0.1, -0.05) is 18.2 Å². The Balaban J connectivity index is 1.31. The summed E-state index contributed by atoms with van der Waals surface area (Å²) < 4.78 is 1.96. The van der Waals surface area contributed by atoms with Crippen molar-refractivity contribution >= 4 is 17.7 Å². The minimum absolute atomic E-state index is 0.0186. The monoisotopic (exact) mass is 377 g/mol. The summed E-state index contributed by atoms with van der Waals surface area (Å²) in [6.45, 7) is 2.02. The number of hydrogen-bond acceptors (Lipinski definition) is 3. The fourth-order valence-electron chi connectivity index (χ4n) is 3.50. The molecule has 0 unspecified atom stereocenters. The predicted molar refractivity (Wildman–Crippen MR) is 109 cm³/mol. The SMILES string of the molecule is C[C@H](NC(=O)CSc1ccc2c(c1)CCC2)c1ccc(-n2ccnc2)cc1. The molecule has 0 spiro atoms. The number of aromatic nitrogens is 2. The lowest BCUT2D eigenvalue weighted by Gasteiger charge is -2.15. The third-order valence-electron chi connectivity index (χ3n) is 5.01. The van der Waals surface area contributed by atoms with Crippen molar-refractivity contribution in [2.45, 2.75) is 37.1 Å². The number of carbonyl (C=O) groups excluding carboxylic acids is 1. The second kappa shape index (κ2) is 8.01. The lowest BCUT2D eigenvalue weighted by atomic mass is 10.1. The van der Waals surface area contributed by atoms with Crippen molar-refractivity contribution in [3.8, 4) is 5.69 Å². The van der Waals surface area contributed by atoms with Gasteiger partial charge in [-0.15, -0.1) is 11.8 Å². The maximum absolute atomic E-state index is 12.3. The van der Waals surface area contributed by atoms with Gasteiger partial charge in [0, 0.05) is 23.0 Å². The van der Waals surface area contributed by atoms with Crippen molar-refractivity contribution in [3.63, 3.8) is 0 Å². The van der Waals surface area contributed by atoms with Gasteiger partial charge in [0.15, 0.2) is 0 Å². The lowest BCUT2D eigenvalue weighted by molar-refractivity contribution is -0.119. The van der Waals surface area contributed by atoms with E-state index in [-0.39, 0.29) is 11.9 Å². The highest BCUT2D eigenvalue weighted by molar-refractivity contribution is 8.00. The van der Waals surface area contributed by atoms with Crippen molar-refractivity contribution in [1.29, 1.82) is 0 Å². The first kappa shape index (κ1) is 17.9. The summed E-state index contributed by atoms with van der Waals surface area (Å²) in [6.07, 6.45) is 9.06. The molecule has 138 valence electrons. The zero-order chi connectivity index (χ0) is 18.6. The number of fused-ring (bicyclic) bond motifs is 1. The number of amides is 1. The van der Waals surface area contributed by atoms with Gasteiger partial charge in [-0.05, 0) is 67.1 Å². The zero-order valence-electron chi connectivity index (χ0n) is 15.4. The highest BCUT2D eigenvalue weighted by atomic mass is 32.2. The molecule has 1 N–H and O–H groups in total. The van der Waals surface area contributed by atoms with Gasteiger partial charge >= 0.3 is 0 Å². The Bertz CT molecular complexity index is 919. The molecule has 1 aromatic heterocycles. The average molecular weight is 378 g/mol. The summed E-state index contributed by atoms with van der Waals surface area (Å²) in [5.74, 6) is 0.502. The first-order valence-corrected chi connectivity index (χ1v) is 10.3. The molecule has 4 rings (SSSR count). The van der Waals surface area contributed by atoms with E-state index >= 15 is 0 Å². The van der Waals surface area contributed by atoms with E-state index in [0.717, 1.165) is 11.3 Å². The van der Waals surface area contributed by atoms with Crippen LogP contribution < -0.4 is 5.32 Å². The molecule has 0 saturated heterocycles. The molecule has 1 amide bonds. The first-order chi connectivity index (χ1) is 13.2. The number of aryl methyl sites for hydroxylation is 2. The highest BCUT2D eigenvalue weighted by Crippen LogP contribution is 2.27. The largest absolute Gasteiger partial charge is 0.349 e. The summed E-state index contributed by atoms with van der Waals surface area (Å²) in [7, 11) is 0. The van der Waals surface area contributed by atoms with Gasteiger partial charge in [0.05, 0.1) is 18.1 Å². The number of hydrogen-bond donors (Lipinski definition) is 1. The number of nitrogens with one attached hydrogen (secondary N) is 1. The van der Waals surface area contributed by atoms with Crippen LogP contribution in [-0.2, 0) is 17.6 Å². The summed E-state index contributed by atoms with van der Waals surface area (Å²) in [5, 5.41) is 3.09. The molecule has 1 aliphatic rings. The average Bonchev–Trinajstić information content (AvgIpc) is 3.38. The van der Waals surface area contributed by atoms with Crippen molar-refractivity contribution < 1.29 is 4.79 Å². The van der Waals surface area contributed by atoms with Gasteiger partial charge in [0.25, 0.3) is 0 Å². The van der Waals surface area contributed by atoms with Crippen LogP contribution in [0, 0.1) is 0 Å². The minimum atomic E-state index is -0.0186. The maximum Gasteiger partial charge on any atom is 0.230 e. The van der Waals surface area contributed by atoms with Gasteiger partial charge in [-0.25, -0.2) is 4.98 Å². The van der Waals surface area contributed by atoms with Gasteiger partial charge in [-0.3, -0.25) is 4.79 Å². The summed E-state index contributed by atoms with van der Waals surface area (Å²) in [6, 6.07) is 14.8. The Labute approximate surface area is 164 Å². The molecule has 4 nitrogen and oxygen atoms in total. The smallest absolute Gasteiger partial charge is 0.230 e. The van der Waals surface area contributed by atoms with E-state index in [1.54, 1.807) is 24.3 Å². The van der Waals surface area contributed by atoms with Crippen LogP contribution in [0.25, 0.3) is 5.69 Å². The lowest BCUT2D eigenvalue weighted by Crippen LogP contribution is -2.28. The highest BCUT2D eigenvalue weighted by Gasteiger charge is 2.13. The molecule has 1 aliphatic carbocycles. The van der Waals surface area contributed by atoms with E-state index in [2.05, 4.69) is 28.5 Å². The molecule has 3 aromatic rings. The Morgan fingerprint density at radius 1 is 1.19 bits per heavy atom.